The van der Waals surface area contributed by atoms with Crippen LogP contribution in [0.25, 0.3) is 0 Å². The quantitative estimate of drug-likeness (QED) is 0.808. The van der Waals surface area contributed by atoms with Gasteiger partial charge in [-0.25, -0.2) is 13.4 Å². The lowest BCUT2D eigenvalue weighted by atomic mass is 10.2. The summed E-state index contributed by atoms with van der Waals surface area (Å²) in [5.41, 5.74) is 5.69. The molecule has 0 bridgehead atoms. The minimum absolute atomic E-state index is 0.0332. The SMILES string of the molecule is CS(=O)(=O)c1cccnc1N1CCOCC1CN. The highest BCUT2D eigenvalue weighted by molar-refractivity contribution is 7.90. The Morgan fingerprint density at radius 2 is 2.39 bits per heavy atom. The second-order valence-electron chi connectivity index (χ2n) is 4.26. The maximum absolute atomic E-state index is 11.8. The molecular weight excluding hydrogens is 254 g/mol. The molecule has 1 atom stereocenters. The molecule has 2 heterocycles. The van der Waals surface area contributed by atoms with Gasteiger partial charge in [-0.2, -0.15) is 0 Å². The van der Waals surface area contributed by atoms with Gasteiger partial charge in [0.25, 0.3) is 0 Å². The van der Waals surface area contributed by atoms with Crippen LogP contribution in [0, 0.1) is 0 Å². The third kappa shape index (κ3) is 2.63. The van der Waals surface area contributed by atoms with Gasteiger partial charge in [-0.05, 0) is 12.1 Å². The molecule has 1 aromatic heterocycles. The van der Waals surface area contributed by atoms with Crippen molar-refractivity contribution in [3.63, 3.8) is 0 Å². The molecule has 0 amide bonds. The van der Waals surface area contributed by atoms with Gasteiger partial charge in [-0.3, -0.25) is 0 Å². The van der Waals surface area contributed by atoms with Crippen molar-refractivity contribution in [3.05, 3.63) is 18.3 Å². The van der Waals surface area contributed by atoms with Crippen molar-refractivity contribution in [2.75, 3.05) is 37.5 Å². The molecule has 100 valence electrons. The lowest BCUT2D eigenvalue weighted by molar-refractivity contribution is 0.0955. The van der Waals surface area contributed by atoms with Gasteiger partial charge < -0.3 is 15.4 Å². The number of pyridine rings is 1. The number of rotatable bonds is 3. The summed E-state index contributed by atoms with van der Waals surface area (Å²) in [5.74, 6) is 0.471. The van der Waals surface area contributed by atoms with E-state index < -0.39 is 9.84 Å². The number of anilines is 1. The molecule has 1 aromatic rings. The van der Waals surface area contributed by atoms with Crippen LogP contribution in [0.2, 0.25) is 0 Å². The zero-order chi connectivity index (χ0) is 13.2. The lowest BCUT2D eigenvalue weighted by Gasteiger charge is -2.36. The summed E-state index contributed by atoms with van der Waals surface area (Å²) in [6, 6.07) is 3.16. The highest BCUT2D eigenvalue weighted by atomic mass is 32.2. The summed E-state index contributed by atoms with van der Waals surface area (Å²) in [5, 5.41) is 0. The van der Waals surface area contributed by atoms with Gasteiger partial charge in [0, 0.05) is 25.5 Å². The summed E-state index contributed by atoms with van der Waals surface area (Å²) >= 11 is 0. The minimum atomic E-state index is -3.30. The van der Waals surface area contributed by atoms with Crippen LogP contribution < -0.4 is 10.6 Å². The molecule has 7 heteroatoms. The van der Waals surface area contributed by atoms with Crippen molar-refractivity contribution in [2.45, 2.75) is 10.9 Å². The van der Waals surface area contributed by atoms with Crippen molar-refractivity contribution in [1.29, 1.82) is 0 Å². The Balaban J connectivity index is 2.43. The summed E-state index contributed by atoms with van der Waals surface area (Å²) in [6.07, 6.45) is 2.78. The molecule has 18 heavy (non-hydrogen) atoms. The molecule has 6 nitrogen and oxygen atoms in total. The van der Waals surface area contributed by atoms with Gasteiger partial charge in [0.1, 0.15) is 10.7 Å². The van der Waals surface area contributed by atoms with E-state index in [9.17, 15) is 8.42 Å². The minimum Gasteiger partial charge on any atom is -0.377 e. The molecule has 1 aliphatic heterocycles. The van der Waals surface area contributed by atoms with E-state index >= 15 is 0 Å². The van der Waals surface area contributed by atoms with Crippen molar-refractivity contribution < 1.29 is 13.2 Å². The lowest BCUT2D eigenvalue weighted by Crippen LogP contribution is -2.50. The van der Waals surface area contributed by atoms with Crippen molar-refractivity contribution >= 4 is 15.7 Å². The first kappa shape index (κ1) is 13.3. The maximum Gasteiger partial charge on any atom is 0.179 e. The fourth-order valence-corrected chi connectivity index (χ4v) is 2.84. The number of nitrogens with two attached hydrogens (primary N) is 1. The molecule has 0 aromatic carbocycles. The third-order valence-electron chi connectivity index (χ3n) is 2.92. The molecule has 0 saturated carbocycles. The van der Waals surface area contributed by atoms with Gasteiger partial charge in [0.15, 0.2) is 9.84 Å². The van der Waals surface area contributed by atoms with Gasteiger partial charge in [0.2, 0.25) is 0 Å². The van der Waals surface area contributed by atoms with Crippen LogP contribution >= 0.6 is 0 Å². The summed E-state index contributed by atoms with van der Waals surface area (Å²) < 4.78 is 28.9. The second-order valence-corrected chi connectivity index (χ2v) is 6.24. The Morgan fingerprint density at radius 1 is 1.61 bits per heavy atom. The van der Waals surface area contributed by atoms with E-state index in [1.807, 2.05) is 4.90 Å². The van der Waals surface area contributed by atoms with Gasteiger partial charge in [0.05, 0.1) is 19.3 Å². The molecule has 0 aliphatic carbocycles. The monoisotopic (exact) mass is 271 g/mol. The summed E-state index contributed by atoms with van der Waals surface area (Å²) in [6.45, 7) is 2.05. The Labute approximate surface area is 107 Å². The topological polar surface area (TPSA) is 85.5 Å². The Kier molecular flexibility index (Phi) is 3.84. The van der Waals surface area contributed by atoms with Crippen LogP contribution in [-0.2, 0) is 14.6 Å². The first-order valence-corrected chi connectivity index (χ1v) is 7.62. The highest BCUT2D eigenvalue weighted by Gasteiger charge is 2.27. The fraction of sp³-hybridized carbons (Fsp3) is 0.545. The molecule has 0 radical (unpaired) electrons. The van der Waals surface area contributed by atoms with Crippen LogP contribution in [-0.4, -0.2) is 52.0 Å². The van der Waals surface area contributed by atoms with Crippen LogP contribution in [0.4, 0.5) is 5.82 Å². The van der Waals surface area contributed by atoms with E-state index in [1.54, 1.807) is 18.3 Å². The normalized spacial score (nSPS) is 21.0. The molecular formula is C11H17N3O3S. The van der Waals surface area contributed by atoms with E-state index in [1.165, 1.54) is 6.26 Å². The number of sulfone groups is 1. The van der Waals surface area contributed by atoms with E-state index in [0.29, 0.717) is 32.1 Å². The second kappa shape index (κ2) is 5.21. The van der Waals surface area contributed by atoms with Crippen LogP contribution in [0.5, 0.6) is 0 Å². The zero-order valence-electron chi connectivity index (χ0n) is 10.2. The highest BCUT2D eigenvalue weighted by Crippen LogP contribution is 2.25. The molecule has 0 spiro atoms. The van der Waals surface area contributed by atoms with E-state index in [2.05, 4.69) is 4.98 Å². The van der Waals surface area contributed by atoms with Crippen LogP contribution in [0.3, 0.4) is 0 Å². The first-order valence-electron chi connectivity index (χ1n) is 5.73. The number of ether oxygens (including phenoxy) is 1. The predicted octanol–water partition coefficient (Wildman–Crippen LogP) is -0.351. The molecule has 1 aliphatic rings. The zero-order valence-corrected chi connectivity index (χ0v) is 11.1. The summed E-state index contributed by atoms with van der Waals surface area (Å²) in [7, 11) is -3.30. The molecule has 1 saturated heterocycles. The number of morpholine rings is 1. The number of nitrogens with zero attached hydrogens (tertiary/aromatic N) is 2. The van der Waals surface area contributed by atoms with Crippen LogP contribution in [0.15, 0.2) is 23.2 Å². The Morgan fingerprint density at radius 3 is 3.06 bits per heavy atom. The van der Waals surface area contributed by atoms with Gasteiger partial charge in [-0.1, -0.05) is 0 Å². The Bertz CT molecular complexity index is 518. The first-order chi connectivity index (χ1) is 8.54. The average molecular weight is 271 g/mol. The van der Waals surface area contributed by atoms with Gasteiger partial charge >= 0.3 is 0 Å². The smallest absolute Gasteiger partial charge is 0.179 e. The molecule has 1 fully saturated rings. The van der Waals surface area contributed by atoms with Gasteiger partial charge in [-0.15, -0.1) is 0 Å². The van der Waals surface area contributed by atoms with Crippen molar-refractivity contribution in [2.24, 2.45) is 5.73 Å². The van der Waals surface area contributed by atoms with Crippen LogP contribution in [0.1, 0.15) is 0 Å². The molecule has 2 N–H and O–H groups in total. The predicted molar refractivity (Wildman–Crippen MR) is 68.4 cm³/mol. The summed E-state index contributed by atoms with van der Waals surface area (Å²) in [4.78, 5) is 6.36. The third-order valence-corrected chi connectivity index (χ3v) is 4.04. The van der Waals surface area contributed by atoms with E-state index in [4.69, 9.17) is 10.5 Å². The molecule has 1 unspecified atom stereocenters. The van der Waals surface area contributed by atoms with Crippen molar-refractivity contribution in [3.8, 4) is 0 Å². The largest absolute Gasteiger partial charge is 0.377 e. The Hall–Kier alpha value is -1.18. The molecule has 2 rings (SSSR count). The van der Waals surface area contributed by atoms with Crippen molar-refractivity contribution in [1.82, 2.24) is 4.98 Å². The number of hydrogen-bond acceptors (Lipinski definition) is 6. The van der Waals surface area contributed by atoms with E-state index in [0.717, 1.165) is 0 Å². The standard InChI is InChI=1S/C11H17N3O3S/c1-18(15,16)10-3-2-4-13-11(10)14-5-6-17-8-9(14)7-12/h2-4,9H,5-8,12H2,1H3. The number of hydrogen-bond donors (Lipinski definition) is 1. The number of aromatic nitrogens is 1. The average Bonchev–Trinajstić information content (AvgIpc) is 2.37. The fourth-order valence-electron chi connectivity index (χ4n) is 2.02. The maximum atomic E-state index is 11.8. The van der Waals surface area contributed by atoms with E-state index in [-0.39, 0.29) is 10.9 Å².